The summed E-state index contributed by atoms with van der Waals surface area (Å²) in [6.07, 6.45) is -5.89. The third-order valence-corrected chi connectivity index (χ3v) is 3.41. The number of benzene rings is 1. The number of carbonyl (C=O) groups is 3. The van der Waals surface area contributed by atoms with Crippen LogP contribution in [0.5, 0.6) is 0 Å². The Labute approximate surface area is 166 Å². The van der Waals surface area contributed by atoms with Crippen molar-refractivity contribution in [3.05, 3.63) is 35.9 Å². The maximum atomic E-state index is 12.3. The summed E-state index contributed by atoms with van der Waals surface area (Å²) in [6.45, 7) is 4.57. The van der Waals surface area contributed by atoms with Crippen LogP contribution >= 0.6 is 0 Å². The molecule has 0 fully saturated rings. The molecule has 2 N–H and O–H groups in total. The Morgan fingerprint density at radius 1 is 1.07 bits per heavy atom. The molecule has 0 heterocycles. The van der Waals surface area contributed by atoms with E-state index in [4.69, 9.17) is 9.47 Å². The fourth-order valence-corrected chi connectivity index (χ4v) is 2.14. The normalized spacial score (nSPS) is 12.6. The van der Waals surface area contributed by atoms with Crippen LogP contribution in [0.15, 0.2) is 30.3 Å². The molecule has 1 atom stereocenters. The van der Waals surface area contributed by atoms with Gasteiger partial charge >= 0.3 is 24.1 Å². The topological polar surface area (TPSA) is 93.7 Å². The monoisotopic (exact) mass is 418 g/mol. The second-order valence-electron chi connectivity index (χ2n) is 7.19. The number of ether oxygens (including phenoxy) is 2. The molecule has 0 aliphatic carbocycles. The highest BCUT2D eigenvalue weighted by Gasteiger charge is 2.38. The number of amides is 2. The zero-order valence-electron chi connectivity index (χ0n) is 16.5. The molecular weight excluding hydrogens is 393 g/mol. The summed E-state index contributed by atoms with van der Waals surface area (Å²) in [5, 5.41) is 4.06. The van der Waals surface area contributed by atoms with Gasteiger partial charge in [0.1, 0.15) is 18.2 Å². The zero-order valence-corrected chi connectivity index (χ0v) is 16.5. The molecule has 7 nitrogen and oxygen atoms in total. The van der Waals surface area contributed by atoms with Crippen molar-refractivity contribution >= 4 is 18.0 Å². The minimum Gasteiger partial charge on any atom is -0.459 e. The Bertz CT molecular complexity index is 687. The number of alkyl carbamates (subject to hydrolysis) is 1. The molecule has 0 aliphatic rings. The molecule has 0 saturated carbocycles. The SMILES string of the molecule is CC(C)(C)OC(=O)N[C@@H](CCCNC(=O)C(F)(F)F)C(=O)OCc1ccccc1. The number of carbonyl (C=O) groups excluding carboxylic acids is 3. The van der Waals surface area contributed by atoms with Crippen molar-refractivity contribution in [2.24, 2.45) is 0 Å². The summed E-state index contributed by atoms with van der Waals surface area (Å²) in [6, 6.07) is 7.68. The Hall–Kier alpha value is -2.78. The zero-order chi connectivity index (χ0) is 22.1. The third-order valence-electron chi connectivity index (χ3n) is 3.41. The molecule has 162 valence electrons. The van der Waals surface area contributed by atoms with Gasteiger partial charge in [-0.05, 0) is 39.2 Å². The predicted molar refractivity (Wildman–Crippen MR) is 97.7 cm³/mol. The number of alkyl halides is 3. The Kier molecular flexibility index (Phi) is 8.93. The molecule has 0 aliphatic heterocycles. The molecule has 0 aromatic heterocycles. The molecule has 0 unspecified atom stereocenters. The highest BCUT2D eigenvalue weighted by molar-refractivity contribution is 5.82. The standard InChI is InChI=1S/C19H25F3N2O5/c1-18(2,3)29-17(27)24-14(10-7-11-23-16(26)19(20,21)22)15(25)28-12-13-8-5-4-6-9-13/h4-6,8-9,14H,7,10-12H2,1-3H3,(H,23,26)(H,24,27)/t14-/m0/s1. The number of hydrogen-bond donors (Lipinski definition) is 2. The van der Waals surface area contributed by atoms with Crippen molar-refractivity contribution in [2.75, 3.05) is 6.54 Å². The second kappa shape index (κ2) is 10.7. The van der Waals surface area contributed by atoms with E-state index in [0.717, 1.165) is 5.56 Å². The van der Waals surface area contributed by atoms with E-state index in [0.29, 0.717) is 0 Å². The molecule has 0 radical (unpaired) electrons. The van der Waals surface area contributed by atoms with E-state index in [9.17, 15) is 27.6 Å². The second-order valence-corrected chi connectivity index (χ2v) is 7.19. The first-order valence-electron chi connectivity index (χ1n) is 8.93. The van der Waals surface area contributed by atoms with Crippen LogP contribution in [-0.4, -0.2) is 42.3 Å². The Morgan fingerprint density at radius 2 is 1.69 bits per heavy atom. The number of rotatable bonds is 8. The van der Waals surface area contributed by atoms with Crippen molar-refractivity contribution in [2.45, 2.75) is 58.0 Å². The molecule has 1 aromatic rings. The Morgan fingerprint density at radius 3 is 2.24 bits per heavy atom. The van der Waals surface area contributed by atoms with E-state index in [1.807, 2.05) is 0 Å². The molecular formula is C19H25F3N2O5. The van der Waals surface area contributed by atoms with Gasteiger partial charge < -0.3 is 20.1 Å². The van der Waals surface area contributed by atoms with Gasteiger partial charge in [0.25, 0.3) is 0 Å². The summed E-state index contributed by atoms with van der Waals surface area (Å²) in [5.41, 5.74) is -0.0715. The van der Waals surface area contributed by atoms with Crippen LogP contribution in [0.3, 0.4) is 0 Å². The van der Waals surface area contributed by atoms with Crippen LogP contribution in [0.25, 0.3) is 0 Å². The lowest BCUT2D eigenvalue weighted by Crippen LogP contribution is -2.45. The van der Waals surface area contributed by atoms with E-state index >= 15 is 0 Å². The van der Waals surface area contributed by atoms with Gasteiger partial charge in [-0.3, -0.25) is 4.79 Å². The first-order chi connectivity index (χ1) is 13.4. The number of esters is 1. The molecule has 0 spiro atoms. The predicted octanol–water partition coefficient (Wildman–Crippen LogP) is 3.08. The highest BCUT2D eigenvalue weighted by atomic mass is 19.4. The van der Waals surface area contributed by atoms with Gasteiger partial charge in [0, 0.05) is 6.54 Å². The van der Waals surface area contributed by atoms with Gasteiger partial charge in [-0.25, -0.2) is 9.59 Å². The summed E-state index contributed by atoms with van der Waals surface area (Å²) < 4.78 is 46.9. The quantitative estimate of drug-likeness (QED) is 0.500. The minimum absolute atomic E-state index is 0.00270. The highest BCUT2D eigenvalue weighted by Crippen LogP contribution is 2.14. The van der Waals surface area contributed by atoms with E-state index in [2.05, 4.69) is 5.32 Å². The van der Waals surface area contributed by atoms with E-state index in [1.54, 1.807) is 56.4 Å². The van der Waals surface area contributed by atoms with Crippen LogP contribution in [-0.2, 0) is 25.7 Å². The summed E-state index contributed by atoms with van der Waals surface area (Å²) in [7, 11) is 0. The molecule has 1 rings (SSSR count). The van der Waals surface area contributed by atoms with Crippen LogP contribution in [0.1, 0.15) is 39.2 Å². The number of nitrogens with one attached hydrogen (secondary N) is 2. The number of halogens is 3. The van der Waals surface area contributed by atoms with E-state index in [-0.39, 0.29) is 26.0 Å². The lowest BCUT2D eigenvalue weighted by Gasteiger charge is -2.23. The van der Waals surface area contributed by atoms with Gasteiger partial charge in [-0.15, -0.1) is 0 Å². The van der Waals surface area contributed by atoms with Crippen LogP contribution in [0, 0.1) is 0 Å². The first-order valence-corrected chi connectivity index (χ1v) is 8.93. The van der Waals surface area contributed by atoms with E-state index in [1.165, 1.54) is 0 Å². The number of hydrogen-bond acceptors (Lipinski definition) is 5. The molecule has 29 heavy (non-hydrogen) atoms. The lowest BCUT2D eigenvalue weighted by molar-refractivity contribution is -0.173. The average molecular weight is 418 g/mol. The minimum atomic E-state index is -4.98. The molecule has 0 saturated heterocycles. The fourth-order valence-electron chi connectivity index (χ4n) is 2.14. The van der Waals surface area contributed by atoms with Crippen molar-refractivity contribution < 1.29 is 37.0 Å². The molecule has 1 aromatic carbocycles. The molecule has 2 amide bonds. The van der Waals surface area contributed by atoms with Gasteiger partial charge in [0.15, 0.2) is 0 Å². The summed E-state index contributed by atoms with van der Waals surface area (Å²) in [4.78, 5) is 35.1. The average Bonchev–Trinajstić information content (AvgIpc) is 2.60. The summed E-state index contributed by atoms with van der Waals surface area (Å²) in [5.74, 6) is -2.83. The van der Waals surface area contributed by atoms with Gasteiger partial charge in [0.2, 0.25) is 0 Å². The summed E-state index contributed by atoms with van der Waals surface area (Å²) >= 11 is 0. The molecule has 10 heteroatoms. The molecule has 0 bridgehead atoms. The van der Waals surface area contributed by atoms with E-state index < -0.39 is 35.8 Å². The van der Waals surface area contributed by atoms with Crippen molar-refractivity contribution in [1.82, 2.24) is 10.6 Å². The maximum absolute atomic E-state index is 12.3. The van der Waals surface area contributed by atoms with Crippen LogP contribution in [0.4, 0.5) is 18.0 Å². The van der Waals surface area contributed by atoms with Gasteiger partial charge in [-0.2, -0.15) is 13.2 Å². The maximum Gasteiger partial charge on any atom is 0.471 e. The van der Waals surface area contributed by atoms with Crippen molar-refractivity contribution in [1.29, 1.82) is 0 Å². The van der Waals surface area contributed by atoms with Crippen LogP contribution < -0.4 is 10.6 Å². The smallest absolute Gasteiger partial charge is 0.459 e. The van der Waals surface area contributed by atoms with Gasteiger partial charge in [0.05, 0.1) is 0 Å². The van der Waals surface area contributed by atoms with Gasteiger partial charge in [-0.1, -0.05) is 30.3 Å². The van der Waals surface area contributed by atoms with Crippen LogP contribution in [0.2, 0.25) is 0 Å². The van der Waals surface area contributed by atoms with Crippen molar-refractivity contribution in [3.8, 4) is 0 Å². The first kappa shape index (κ1) is 24.3. The largest absolute Gasteiger partial charge is 0.471 e. The Balaban J connectivity index is 2.63. The fraction of sp³-hybridized carbons (Fsp3) is 0.526. The lowest BCUT2D eigenvalue weighted by atomic mass is 10.1. The van der Waals surface area contributed by atoms with Crippen molar-refractivity contribution in [3.63, 3.8) is 0 Å². The third kappa shape index (κ3) is 10.4.